The van der Waals surface area contributed by atoms with E-state index in [9.17, 15) is 4.79 Å². The van der Waals surface area contributed by atoms with E-state index in [0.717, 1.165) is 38.1 Å². The number of hydrogen-bond donors (Lipinski definition) is 1. The van der Waals surface area contributed by atoms with E-state index >= 15 is 0 Å². The van der Waals surface area contributed by atoms with Crippen molar-refractivity contribution >= 4 is 28.8 Å². The minimum Gasteiger partial charge on any atom is -0.351 e. The van der Waals surface area contributed by atoms with Gasteiger partial charge in [-0.2, -0.15) is 0 Å². The number of halogens is 1. The molecule has 0 fully saturated rings. The van der Waals surface area contributed by atoms with Crippen LogP contribution in [0.3, 0.4) is 0 Å². The van der Waals surface area contributed by atoms with Gasteiger partial charge >= 0.3 is 0 Å². The van der Waals surface area contributed by atoms with Crippen LogP contribution in [0.25, 0.3) is 0 Å². The fourth-order valence-corrected chi connectivity index (χ4v) is 1.91. The first kappa shape index (κ1) is 12.5. The molecular formula is C10H15ClN2OS. The van der Waals surface area contributed by atoms with E-state index in [2.05, 4.69) is 10.3 Å². The van der Waals surface area contributed by atoms with Gasteiger partial charge in [-0.05, 0) is 12.8 Å². The molecule has 5 heteroatoms. The van der Waals surface area contributed by atoms with Crippen LogP contribution in [-0.4, -0.2) is 23.3 Å². The standard InChI is InChI=1S/C10H15ClN2OS/c11-5-3-1-2-4-6-12-10(14)9-7-15-8-13-9/h7-8H,1-6H2,(H,12,14). The molecule has 1 N–H and O–H groups in total. The monoisotopic (exact) mass is 246 g/mol. The van der Waals surface area contributed by atoms with Gasteiger partial charge in [-0.25, -0.2) is 4.98 Å². The van der Waals surface area contributed by atoms with Crippen LogP contribution in [0, 0.1) is 0 Å². The Balaban J connectivity index is 2.03. The lowest BCUT2D eigenvalue weighted by Gasteiger charge is -2.02. The van der Waals surface area contributed by atoms with Crippen LogP contribution in [0.1, 0.15) is 36.2 Å². The zero-order valence-electron chi connectivity index (χ0n) is 8.54. The lowest BCUT2D eigenvalue weighted by atomic mass is 10.2. The zero-order chi connectivity index (χ0) is 10.9. The van der Waals surface area contributed by atoms with Gasteiger partial charge in [0.25, 0.3) is 5.91 Å². The molecule has 0 saturated carbocycles. The maximum absolute atomic E-state index is 11.4. The number of carbonyl (C=O) groups excluding carboxylic acids is 1. The summed E-state index contributed by atoms with van der Waals surface area (Å²) in [5, 5.41) is 4.59. The van der Waals surface area contributed by atoms with Crippen LogP contribution < -0.4 is 5.32 Å². The maximum atomic E-state index is 11.4. The molecule has 0 aromatic carbocycles. The molecule has 1 amide bonds. The topological polar surface area (TPSA) is 42.0 Å². The molecule has 0 aliphatic carbocycles. The molecule has 0 bridgehead atoms. The molecule has 0 aliphatic rings. The third-order valence-corrected chi connectivity index (χ3v) is 2.86. The number of carbonyl (C=O) groups is 1. The lowest BCUT2D eigenvalue weighted by Crippen LogP contribution is -2.24. The third-order valence-electron chi connectivity index (χ3n) is 2.01. The Bertz CT molecular complexity index is 277. The van der Waals surface area contributed by atoms with Gasteiger partial charge in [0.1, 0.15) is 5.69 Å². The van der Waals surface area contributed by atoms with Gasteiger partial charge in [0.2, 0.25) is 0 Å². The minimum absolute atomic E-state index is 0.0754. The van der Waals surface area contributed by atoms with E-state index in [1.807, 2.05) is 0 Å². The Morgan fingerprint density at radius 3 is 2.87 bits per heavy atom. The van der Waals surface area contributed by atoms with Crippen molar-refractivity contribution in [3.63, 3.8) is 0 Å². The summed E-state index contributed by atoms with van der Waals surface area (Å²) in [5.74, 6) is 0.652. The highest BCUT2D eigenvalue weighted by molar-refractivity contribution is 7.07. The molecule has 3 nitrogen and oxygen atoms in total. The molecule has 0 unspecified atom stereocenters. The number of nitrogens with one attached hydrogen (secondary N) is 1. The van der Waals surface area contributed by atoms with Crippen LogP contribution >= 0.6 is 22.9 Å². The van der Waals surface area contributed by atoms with Gasteiger partial charge in [0, 0.05) is 17.8 Å². The van der Waals surface area contributed by atoms with Crippen LogP contribution in [-0.2, 0) is 0 Å². The van der Waals surface area contributed by atoms with E-state index in [-0.39, 0.29) is 5.91 Å². The summed E-state index contributed by atoms with van der Waals surface area (Å²) in [5.41, 5.74) is 2.18. The molecule has 1 rings (SSSR count). The Morgan fingerprint density at radius 2 is 2.20 bits per heavy atom. The van der Waals surface area contributed by atoms with Crippen LogP contribution in [0.15, 0.2) is 10.9 Å². The Kier molecular flexibility index (Phi) is 6.36. The van der Waals surface area contributed by atoms with Crippen molar-refractivity contribution in [2.24, 2.45) is 0 Å². The van der Waals surface area contributed by atoms with Crippen LogP contribution in [0.4, 0.5) is 0 Å². The van der Waals surface area contributed by atoms with Crippen LogP contribution in [0.2, 0.25) is 0 Å². The van der Waals surface area contributed by atoms with Gasteiger partial charge in [-0.15, -0.1) is 22.9 Å². The van der Waals surface area contributed by atoms with E-state index in [0.29, 0.717) is 5.69 Å². The largest absolute Gasteiger partial charge is 0.351 e. The summed E-state index contributed by atoms with van der Waals surface area (Å²) in [6.45, 7) is 0.721. The minimum atomic E-state index is -0.0754. The summed E-state index contributed by atoms with van der Waals surface area (Å²) < 4.78 is 0. The van der Waals surface area contributed by atoms with Crippen molar-refractivity contribution in [2.75, 3.05) is 12.4 Å². The first-order chi connectivity index (χ1) is 7.34. The highest BCUT2D eigenvalue weighted by Crippen LogP contribution is 2.02. The number of amides is 1. The molecule has 0 spiro atoms. The van der Waals surface area contributed by atoms with E-state index in [1.165, 1.54) is 11.3 Å². The van der Waals surface area contributed by atoms with Gasteiger partial charge in [0.15, 0.2) is 0 Å². The SMILES string of the molecule is O=C(NCCCCCCCl)c1cscn1. The molecule has 15 heavy (non-hydrogen) atoms. The normalized spacial score (nSPS) is 10.2. The zero-order valence-corrected chi connectivity index (χ0v) is 10.1. The molecule has 1 heterocycles. The highest BCUT2D eigenvalue weighted by Gasteiger charge is 2.05. The van der Waals surface area contributed by atoms with Crippen molar-refractivity contribution < 1.29 is 4.79 Å². The smallest absolute Gasteiger partial charge is 0.270 e. The second-order valence-electron chi connectivity index (χ2n) is 3.23. The summed E-state index contributed by atoms with van der Waals surface area (Å²) in [4.78, 5) is 15.3. The Labute approximate surface area is 98.9 Å². The quantitative estimate of drug-likeness (QED) is 0.594. The Hall–Kier alpha value is -0.610. The van der Waals surface area contributed by atoms with E-state index < -0.39 is 0 Å². The highest BCUT2D eigenvalue weighted by atomic mass is 35.5. The average molecular weight is 247 g/mol. The summed E-state index contributed by atoms with van der Waals surface area (Å²) in [6.07, 6.45) is 4.31. The fraction of sp³-hybridized carbons (Fsp3) is 0.600. The summed E-state index contributed by atoms with van der Waals surface area (Å²) in [6, 6.07) is 0. The fourth-order valence-electron chi connectivity index (χ4n) is 1.19. The first-order valence-electron chi connectivity index (χ1n) is 5.07. The first-order valence-corrected chi connectivity index (χ1v) is 6.54. The van der Waals surface area contributed by atoms with Crippen molar-refractivity contribution in [1.29, 1.82) is 0 Å². The van der Waals surface area contributed by atoms with Crippen LogP contribution in [0.5, 0.6) is 0 Å². The van der Waals surface area contributed by atoms with Crippen molar-refractivity contribution in [3.05, 3.63) is 16.6 Å². The molecule has 84 valence electrons. The number of unbranched alkanes of at least 4 members (excludes halogenated alkanes) is 3. The molecule has 0 aliphatic heterocycles. The molecule has 0 radical (unpaired) electrons. The molecule has 1 aromatic heterocycles. The number of aromatic nitrogens is 1. The second kappa shape index (κ2) is 7.65. The third kappa shape index (κ3) is 5.14. The van der Waals surface area contributed by atoms with Gasteiger partial charge in [-0.3, -0.25) is 4.79 Å². The van der Waals surface area contributed by atoms with Crippen molar-refractivity contribution in [2.45, 2.75) is 25.7 Å². The number of rotatable bonds is 7. The number of nitrogens with zero attached hydrogens (tertiary/aromatic N) is 1. The van der Waals surface area contributed by atoms with E-state index in [4.69, 9.17) is 11.6 Å². The number of alkyl halides is 1. The molecule has 1 aromatic rings. The lowest BCUT2D eigenvalue weighted by molar-refractivity contribution is 0.0948. The number of hydrogen-bond acceptors (Lipinski definition) is 3. The average Bonchev–Trinajstić information content (AvgIpc) is 2.76. The molecule has 0 atom stereocenters. The van der Waals surface area contributed by atoms with Gasteiger partial charge in [-0.1, -0.05) is 12.8 Å². The van der Waals surface area contributed by atoms with Crippen molar-refractivity contribution in [1.82, 2.24) is 10.3 Å². The number of thiazole rings is 1. The molecule has 0 saturated heterocycles. The van der Waals surface area contributed by atoms with Crippen molar-refractivity contribution in [3.8, 4) is 0 Å². The summed E-state index contributed by atoms with van der Waals surface area (Å²) >= 11 is 6.99. The van der Waals surface area contributed by atoms with Gasteiger partial charge in [0.05, 0.1) is 5.51 Å². The molecular weight excluding hydrogens is 232 g/mol. The van der Waals surface area contributed by atoms with Gasteiger partial charge < -0.3 is 5.32 Å². The maximum Gasteiger partial charge on any atom is 0.270 e. The summed E-state index contributed by atoms with van der Waals surface area (Å²) in [7, 11) is 0. The predicted molar refractivity (Wildman–Crippen MR) is 63.6 cm³/mol. The Morgan fingerprint density at radius 1 is 1.40 bits per heavy atom. The predicted octanol–water partition coefficient (Wildman–Crippen LogP) is 2.67. The second-order valence-corrected chi connectivity index (χ2v) is 4.33. The van der Waals surface area contributed by atoms with E-state index in [1.54, 1.807) is 10.9 Å².